The maximum atomic E-state index is 12.7. The molecule has 2 N–H and O–H groups in total. The lowest BCUT2D eigenvalue weighted by atomic mass is 9.92. The van der Waals surface area contributed by atoms with Gasteiger partial charge in [0.1, 0.15) is 18.5 Å². The summed E-state index contributed by atoms with van der Waals surface area (Å²) in [5.74, 6) is -0.0790. The molecule has 1 aromatic heterocycles. The number of thiazole rings is 1. The van der Waals surface area contributed by atoms with E-state index >= 15 is 0 Å². The second-order valence-corrected chi connectivity index (χ2v) is 6.78. The highest BCUT2D eigenvalue weighted by Gasteiger charge is 2.40. The second-order valence-electron chi connectivity index (χ2n) is 6.06. The Balaban J connectivity index is 1.57. The summed E-state index contributed by atoms with van der Waals surface area (Å²) in [7, 11) is 0. The van der Waals surface area contributed by atoms with Crippen molar-refractivity contribution in [3.8, 4) is 0 Å². The minimum atomic E-state index is -0.587. The molecule has 0 radical (unpaired) electrons. The fourth-order valence-corrected chi connectivity index (χ4v) is 3.47. The lowest BCUT2D eigenvalue weighted by molar-refractivity contribution is -0.149. The SMILES string of the molecule is C[C@H](Nc1cscn1)C(=O)C1CCN[C@@H]1C(=O)OCc1ccccc1. The number of aromatic nitrogens is 1. The van der Waals surface area contributed by atoms with Crippen LogP contribution in [0.15, 0.2) is 41.2 Å². The van der Waals surface area contributed by atoms with Gasteiger partial charge in [-0.05, 0) is 25.5 Å². The number of hydrogen-bond donors (Lipinski definition) is 2. The third-order valence-corrected chi connectivity index (χ3v) is 4.88. The molecule has 6 nitrogen and oxygen atoms in total. The average Bonchev–Trinajstić information content (AvgIpc) is 3.31. The van der Waals surface area contributed by atoms with Gasteiger partial charge in [-0.1, -0.05) is 30.3 Å². The fraction of sp³-hybridized carbons (Fsp3) is 0.389. The maximum absolute atomic E-state index is 12.7. The Morgan fingerprint density at radius 1 is 1.40 bits per heavy atom. The highest BCUT2D eigenvalue weighted by Crippen LogP contribution is 2.21. The Kier molecular flexibility index (Phi) is 5.78. The predicted octanol–water partition coefficient (Wildman–Crippen LogP) is 2.23. The van der Waals surface area contributed by atoms with Crippen molar-refractivity contribution in [2.24, 2.45) is 5.92 Å². The Hall–Kier alpha value is -2.25. The molecule has 1 saturated heterocycles. The smallest absolute Gasteiger partial charge is 0.324 e. The average molecular weight is 359 g/mol. The largest absolute Gasteiger partial charge is 0.460 e. The van der Waals surface area contributed by atoms with Crippen LogP contribution in [-0.4, -0.2) is 35.4 Å². The molecular weight excluding hydrogens is 338 g/mol. The van der Waals surface area contributed by atoms with Crippen LogP contribution >= 0.6 is 11.3 Å². The quantitative estimate of drug-likeness (QED) is 0.738. The lowest BCUT2D eigenvalue weighted by Gasteiger charge is -2.21. The van der Waals surface area contributed by atoms with Crippen LogP contribution in [0.1, 0.15) is 18.9 Å². The van der Waals surface area contributed by atoms with Gasteiger partial charge in [0, 0.05) is 11.3 Å². The monoisotopic (exact) mass is 359 g/mol. The number of Topliss-reactive ketones (excluding diaryl/α,β-unsaturated/α-hetero) is 1. The molecule has 1 aliphatic rings. The number of anilines is 1. The molecule has 0 aliphatic carbocycles. The molecule has 3 rings (SSSR count). The van der Waals surface area contributed by atoms with Gasteiger partial charge in [-0.3, -0.25) is 9.59 Å². The Morgan fingerprint density at radius 2 is 2.20 bits per heavy atom. The van der Waals surface area contributed by atoms with Crippen LogP contribution in [-0.2, 0) is 20.9 Å². The molecule has 3 atom stereocenters. The fourth-order valence-electron chi connectivity index (χ4n) is 2.97. The van der Waals surface area contributed by atoms with Gasteiger partial charge in [-0.2, -0.15) is 0 Å². The van der Waals surface area contributed by atoms with Crippen LogP contribution in [0.2, 0.25) is 0 Å². The summed E-state index contributed by atoms with van der Waals surface area (Å²) in [6.45, 7) is 2.64. The van der Waals surface area contributed by atoms with Crippen LogP contribution in [0.5, 0.6) is 0 Å². The highest BCUT2D eigenvalue weighted by atomic mass is 32.1. The molecule has 0 spiro atoms. The topological polar surface area (TPSA) is 80.3 Å². The molecule has 1 aliphatic heterocycles. The second kappa shape index (κ2) is 8.22. The third-order valence-electron chi connectivity index (χ3n) is 4.29. The van der Waals surface area contributed by atoms with Crippen LogP contribution in [0.4, 0.5) is 5.82 Å². The molecule has 0 saturated carbocycles. The molecule has 0 bridgehead atoms. The van der Waals surface area contributed by atoms with E-state index in [0.29, 0.717) is 18.8 Å². The number of benzene rings is 1. The molecule has 132 valence electrons. The van der Waals surface area contributed by atoms with E-state index in [1.165, 1.54) is 11.3 Å². The number of carbonyl (C=O) groups excluding carboxylic acids is 2. The van der Waals surface area contributed by atoms with Crippen LogP contribution < -0.4 is 10.6 Å². The van der Waals surface area contributed by atoms with Crippen molar-refractivity contribution >= 4 is 28.9 Å². The van der Waals surface area contributed by atoms with Crippen molar-refractivity contribution in [1.29, 1.82) is 0 Å². The number of hydrogen-bond acceptors (Lipinski definition) is 7. The molecule has 7 heteroatoms. The normalized spacial score (nSPS) is 20.8. The minimum Gasteiger partial charge on any atom is -0.460 e. The van der Waals surface area contributed by atoms with E-state index < -0.39 is 12.1 Å². The first-order valence-electron chi connectivity index (χ1n) is 8.27. The number of nitrogens with zero attached hydrogens (tertiary/aromatic N) is 1. The number of ether oxygens (including phenoxy) is 1. The van der Waals surface area contributed by atoms with Gasteiger partial charge in [0.2, 0.25) is 0 Å². The van der Waals surface area contributed by atoms with E-state index in [4.69, 9.17) is 4.74 Å². The Morgan fingerprint density at radius 3 is 2.92 bits per heavy atom. The summed E-state index contributed by atoms with van der Waals surface area (Å²) >= 11 is 1.46. The van der Waals surface area contributed by atoms with Crippen molar-refractivity contribution in [2.75, 3.05) is 11.9 Å². The van der Waals surface area contributed by atoms with E-state index in [9.17, 15) is 9.59 Å². The van der Waals surface area contributed by atoms with Crippen LogP contribution in [0.3, 0.4) is 0 Å². The Bertz CT molecular complexity index is 706. The molecule has 2 aromatic rings. The number of ketones is 1. The van der Waals surface area contributed by atoms with Gasteiger partial charge in [-0.25, -0.2) is 4.98 Å². The first-order valence-corrected chi connectivity index (χ1v) is 9.22. The van der Waals surface area contributed by atoms with E-state index in [2.05, 4.69) is 15.6 Å². The third kappa shape index (κ3) is 4.43. The van der Waals surface area contributed by atoms with E-state index in [-0.39, 0.29) is 24.3 Å². The summed E-state index contributed by atoms with van der Waals surface area (Å²) in [5, 5.41) is 8.04. The molecule has 1 unspecified atom stereocenters. The number of esters is 1. The predicted molar refractivity (Wildman–Crippen MR) is 96.3 cm³/mol. The van der Waals surface area contributed by atoms with Gasteiger partial charge >= 0.3 is 5.97 Å². The highest BCUT2D eigenvalue weighted by molar-refractivity contribution is 7.07. The summed E-state index contributed by atoms with van der Waals surface area (Å²) < 4.78 is 5.39. The summed E-state index contributed by atoms with van der Waals surface area (Å²) in [4.78, 5) is 29.3. The number of rotatable bonds is 7. The first kappa shape index (κ1) is 17.6. The van der Waals surface area contributed by atoms with Crippen molar-refractivity contribution in [3.63, 3.8) is 0 Å². The molecule has 0 amide bonds. The zero-order valence-electron chi connectivity index (χ0n) is 14.0. The van der Waals surface area contributed by atoms with Gasteiger partial charge in [0.15, 0.2) is 5.78 Å². The minimum absolute atomic E-state index is 0.000314. The summed E-state index contributed by atoms with van der Waals surface area (Å²) in [5.41, 5.74) is 2.63. The molecule has 2 heterocycles. The molecule has 1 fully saturated rings. The van der Waals surface area contributed by atoms with Crippen LogP contribution in [0, 0.1) is 5.92 Å². The zero-order valence-corrected chi connectivity index (χ0v) is 14.8. The maximum Gasteiger partial charge on any atom is 0.324 e. The van der Waals surface area contributed by atoms with Crippen molar-refractivity contribution in [3.05, 3.63) is 46.8 Å². The van der Waals surface area contributed by atoms with E-state index in [1.807, 2.05) is 35.7 Å². The zero-order chi connectivity index (χ0) is 17.6. The summed E-state index contributed by atoms with van der Waals surface area (Å²) in [6, 6.07) is 8.52. The van der Waals surface area contributed by atoms with Gasteiger partial charge in [0.05, 0.1) is 11.6 Å². The Labute approximate surface area is 150 Å². The van der Waals surface area contributed by atoms with Gasteiger partial charge < -0.3 is 15.4 Å². The first-order chi connectivity index (χ1) is 12.1. The van der Waals surface area contributed by atoms with Crippen molar-refractivity contribution in [1.82, 2.24) is 10.3 Å². The number of nitrogens with one attached hydrogen (secondary N) is 2. The van der Waals surface area contributed by atoms with Gasteiger partial charge in [-0.15, -0.1) is 11.3 Å². The molecule has 25 heavy (non-hydrogen) atoms. The van der Waals surface area contributed by atoms with Crippen LogP contribution in [0.25, 0.3) is 0 Å². The van der Waals surface area contributed by atoms with E-state index in [0.717, 1.165) is 5.56 Å². The molecule has 1 aromatic carbocycles. The number of carbonyl (C=O) groups is 2. The van der Waals surface area contributed by atoms with Gasteiger partial charge in [0.25, 0.3) is 0 Å². The van der Waals surface area contributed by atoms with E-state index in [1.54, 1.807) is 12.4 Å². The summed E-state index contributed by atoms with van der Waals surface area (Å²) in [6.07, 6.45) is 0.632. The van der Waals surface area contributed by atoms with Crippen molar-refractivity contribution in [2.45, 2.75) is 32.0 Å². The van der Waals surface area contributed by atoms with Crippen molar-refractivity contribution < 1.29 is 14.3 Å². The molecular formula is C18H21N3O3S. The standard InChI is InChI=1S/C18H21N3O3S/c1-12(21-15-10-25-11-20-15)17(22)14-7-8-19-16(14)18(23)24-9-13-5-3-2-4-6-13/h2-6,10-12,14,16,19,21H,7-9H2,1H3/t12-,14?,16-/m0/s1. The lowest BCUT2D eigenvalue weighted by Crippen LogP contribution is -2.44.